The van der Waals surface area contributed by atoms with Crippen LogP contribution in [0.25, 0.3) is 0 Å². The Morgan fingerprint density at radius 3 is 2.81 bits per heavy atom. The smallest absolute Gasteiger partial charge is 0.224 e. The van der Waals surface area contributed by atoms with Crippen LogP contribution in [0.3, 0.4) is 0 Å². The molecule has 1 amide bonds. The number of benzene rings is 1. The first kappa shape index (κ1) is 14.7. The zero-order chi connectivity index (χ0) is 15.0. The molecular formula is C17H22ClNO2. The number of rotatable bonds is 4. The Kier molecular flexibility index (Phi) is 4.12. The average molecular weight is 308 g/mol. The molecule has 0 saturated heterocycles. The summed E-state index contributed by atoms with van der Waals surface area (Å²) in [5.74, 6) is 2.93. The molecule has 2 aliphatic carbocycles. The monoisotopic (exact) mass is 307 g/mol. The number of amides is 1. The van der Waals surface area contributed by atoms with Crippen molar-refractivity contribution in [3.8, 4) is 5.75 Å². The fourth-order valence-corrected chi connectivity index (χ4v) is 4.15. The van der Waals surface area contributed by atoms with Gasteiger partial charge in [-0.25, -0.2) is 0 Å². The Balaban J connectivity index is 1.66. The zero-order valence-corrected chi connectivity index (χ0v) is 13.4. The maximum absolute atomic E-state index is 12.3. The molecule has 1 aromatic carbocycles. The number of anilines is 1. The lowest BCUT2D eigenvalue weighted by atomic mass is 9.86. The number of fused-ring (bicyclic) bond motifs is 2. The number of carbonyl (C=O) groups excluding carboxylic acids is 1. The van der Waals surface area contributed by atoms with E-state index in [1.165, 1.54) is 25.7 Å². The molecule has 2 fully saturated rings. The highest BCUT2D eigenvalue weighted by Crippen LogP contribution is 2.49. The minimum Gasteiger partial charge on any atom is -0.495 e. The SMILES string of the molecule is COc1cc(Cl)c(C)cc1NC(=O)CC1CC2CCC1C2. The van der Waals surface area contributed by atoms with Crippen molar-refractivity contribution in [1.82, 2.24) is 0 Å². The third-order valence-electron chi connectivity index (χ3n) is 5.09. The second-order valence-electron chi connectivity index (χ2n) is 6.49. The number of carbonyl (C=O) groups is 1. The van der Waals surface area contributed by atoms with Gasteiger partial charge in [-0.1, -0.05) is 18.0 Å². The van der Waals surface area contributed by atoms with Crippen molar-refractivity contribution in [2.24, 2.45) is 17.8 Å². The third kappa shape index (κ3) is 3.03. The largest absolute Gasteiger partial charge is 0.495 e. The molecule has 2 bridgehead atoms. The fraction of sp³-hybridized carbons (Fsp3) is 0.588. The van der Waals surface area contributed by atoms with Gasteiger partial charge in [-0.15, -0.1) is 0 Å². The predicted molar refractivity (Wildman–Crippen MR) is 84.9 cm³/mol. The van der Waals surface area contributed by atoms with Crippen molar-refractivity contribution >= 4 is 23.2 Å². The van der Waals surface area contributed by atoms with Crippen molar-refractivity contribution < 1.29 is 9.53 Å². The van der Waals surface area contributed by atoms with E-state index in [2.05, 4.69) is 5.32 Å². The van der Waals surface area contributed by atoms with Crippen LogP contribution in [0.4, 0.5) is 5.69 Å². The summed E-state index contributed by atoms with van der Waals surface area (Å²) < 4.78 is 5.30. The summed E-state index contributed by atoms with van der Waals surface area (Å²) in [6.07, 6.45) is 5.88. The van der Waals surface area contributed by atoms with Gasteiger partial charge < -0.3 is 10.1 Å². The van der Waals surface area contributed by atoms with Crippen molar-refractivity contribution in [1.29, 1.82) is 0 Å². The lowest BCUT2D eigenvalue weighted by molar-refractivity contribution is -0.117. The van der Waals surface area contributed by atoms with Crippen molar-refractivity contribution in [2.75, 3.05) is 12.4 Å². The van der Waals surface area contributed by atoms with Gasteiger partial charge in [0, 0.05) is 17.5 Å². The number of halogens is 1. The maximum Gasteiger partial charge on any atom is 0.224 e. The van der Waals surface area contributed by atoms with Crippen molar-refractivity contribution in [3.05, 3.63) is 22.7 Å². The van der Waals surface area contributed by atoms with Crippen LogP contribution in [0.15, 0.2) is 12.1 Å². The van der Waals surface area contributed by atoms with E-state index in [-0.39, 0.29) is 5.91 Å². The van der Waals surface area contributed by atoms with E-state index in [1.54, 1.807) is 13.2 Å². The first-order valence-corrected chi connectivity index (χ1v) is 8.08. The second kappa shape index (κ2) is 5.88. The van der Waals surface area contributed by atoms with Crippen LogP contribution in [0.5, 0.6) is 5.75 Å². The molecular weight excluding hydrogens is 286 g/mol. The fourth-order valence-electron chi connectivity index (χ4n) is 4.00. The molecule has 21 heavy (non-hydrogen) atoms. The molecule has 1 N–H and O–H groups in total. The van der Waals surface area contributed by atoms with E-state index in [9.17, 15) is 4.79 Å². The number of ether oxygens (including phenoxy) is 1. The number of nitrogens with one attached hydrogen (secondary N) is 1. The molecule has 3 atom stereocenters. The van der Waals surface area contributed by atoms with Crippen LogP contribution in [0, 0.1) is 24.7 Å². The zero-order valence-electron chi connectivity index (χ0n) is 12.6. The molecule has 2 saturated carbocycles. The first-order valence-electron chi connectivity index (χ1n) is 7.70. The van der Waals surface area contributed by atoms with E-state index in [0.717, 1.165) is 17.4 Å². The molecule has 0 spiro atoms. The van der Waals surface area contributed by atoms with E-state index >= 15 is 0 Å². The first-order chi connectivity index (χ1) is 10.1. The molecule has 0 aromatic heterocycles. The van der Waals surface area contributed by atoms with E-state index in [0.29, 0.717) is 28.8 Å². The Morgan fingerprint density at radius 1 is 1.38 bits per heavy atom. The Morgan fingerprint density at radius 2 is 2.19 bits per heavy atom. The standard InChI is InChI=1S/C17H22ClNO2/c1-10-5-15(16(21-2)9-14(10)18)19-17(20)8-13-7-11-3-4-12(13)6-11/h5,9,11-13H,3-4,6-8H2,1-2H3,(H,19,20). The summed E-state index contributed by atoms with van der Waals surface area (Å²) in [6, 6.07) is 3.63. The van der Waals surface area contributed by atoms with E-state index < -0.39 is 0 Å². The minimum absolute atomic E-state index is 0.0903. The van der Waals surface area contributed by atoms with E-state index in [1.807, 2.05) is 13.0 Å². The van der Waals surface area contributed by atoms with Crippen LogP contribution in [-0.4, -0.2) is 13.0 Å². The van der Waals surface area contributed by atoms with E-state index in [4.69, 9.17) is 16.3 Å². The van der Waals surface area contributed by atoms with Gasteiger partial charge in [-0.05, 0) is 55.6 Å². The number of methoxy groups -OCH3 is 1. The van der Waals surface area contributed by atoms with Gasteiger partial charge in [0.15, 0.2) is 0 Å². The summed E-state index contributed by atoms with van der Waals surface area (Å²) >= 11 is 6.09. The average Bonchev–Trinajstić information content (AvgIpc) is 3.05. The van der Waals surface area contributed by atoms with Crippen molar-refractivity contribution in [3.63, 3.8) is 0 Å². The molecule has 3 nitrogen and oxygen atoms in total. The number of aryl methyl sites for hydroxylation is 1. The lowest BCUT2D eigenvalue weighted by Crippen LogP contribution is -2.20. The highest BCUT2D eigenvalue weighted by molar-refractivity contribution is 6.31. The van der Waals surface area contributed by atoms with Crippen LogP contribution < -0.4 is 10.1 Å². The van der Waals surface area contributed by atoms with Gasteiger partial charge in [0.2, 0.25) is 5.91 Å². The Labute approximate surface area is 131 Å². The van der Waals surface area contributed by atoms with Crippen LogP contribution in [0.2, 0.25) is 5.02 Å². The van der Waals surface area contributed by atoms with Gasteiger partial charge in [0.1, 0.15) is 5.75 Å². The summed E-state index contributed by atoms with van der Waals surface area (Å²) in [5.41, 5.74) is 1.65. The highest BCUT2D eigenvalue weighted by atomic mass is 35.5. The minimum atomic E-state index is 0.0903. The van der Waals surface area contributed by atoms with Gasteiger partial charge in [0.05, 0.1) is 12.8 Å². The lowest BCUT2D eigenvalue weighted by Gasteiger charge is -2.21. The van der Waals surface area contributed by atoms with Crippen LogP contribution in [-0.2, 0) is 4.79 Å². The van der Waals surface area contributed by atoms with Crippen molar-refractivity contribution in [2.45, 2.75) is 39.0 Å². The number of hydrogen-bond acceptors (Lipinski definition) is 2. The normalized spacial score (nSPS) is 26.9. The predicted octanol–water partition coefficient (Wildman–Crippen LogP) is 4.42. The molecule has 3 unspecified atom stereocenters. The summed E-state index contributed by atoms with van der Waals surface area (Å²) in [6.45, 7) is 1.92. The van der Waals surface area contributed by atoms with Crippen LogP contribution >= 0.6 is 11.6 Å². The van der Waals surface area contributed by atoms with Crippen LogP contribution in [0.1, 0.15) is 37.7 Å². The Bertz CT molecular complexity index is 558. The third-order valence-corrected chi connectivity index (χ3v) is 5.49. The number of hydrogen-bond donors (Lipinski definition) is 1. The van der Waals surface area contributed by atoms with Gasteiger partial charge in [0.25, 0.3) is 0 Å². The molecule has 0 heterocycles. The van der Waals surface area contributed by atoms with Gasteiger partial charge >= 0.3 is 0 Å². The summed E-state index contributed by atoms with van der Waals surface area (Å²) in [4.78, 5) is 12.3. The quantitative estimate of drug-likeness (QED) is 0.894. The van der Waals surface area contributed by atoms with Gasteiger partial charge in [-0.3, -0.25) is 4.79 Å². The Hall–Kier alpha value is -1.22. The summed E-state index contributed by atoms with van der Waals surface area (Å²) in [5, 5.41) is 3.64. The molecule has 0 aliphatic heterocycles. The molecule has 1 aromatic rings. The van der Waals surface area contributed by atoms with Gasteiger partial charge in [-0.2, -0.15) is 0 Å². The molecule has 4 heteroatoms. The maximum atomic E-state index is 12.3. The second-order valence-corrected chi connectivity index (χ2v) is 6.90. The molecule has 2 aliphatic rings. The topological polar surface area (TPSA) is 38.3 Å². The highest BCUT2D eigenvalue weighted by Gasteiger charge is 2.40. The molecule has 3 rings (SSSR count). The molecule has 0 radical (unpaired) electrons. The molecule has 114 valence electrons. The summed E-state index contributed by atoms with van der Waals surface area (Å²) in [7, 11) is 1.59.